The summed E-state index contributed by atoms with van der Waals surface area (Å²) in [5.41, 5.74) is 4.73. The SMILES string of the molecule is Cl.NC(C(=O)NC1CCCOC1)C(F)(F)F. The van der Waals surface area contributed by atoms with Crippen LogP contribution in [0.1, 0.15) is 12.8 Å². The van der Waals surface area contributed by atoms with Crippen LogP contribution in [0, 0.1) is 0 Å². The van der Waals surface area contributed by atoms with Crippen LogP contribution in [0.3, 0.4) is 0 Å². The van der Waals surface area contributed by atoms with Gasteiger partial charge in [0.25, 0.3) is 0 Å². The molecular weight excluding hydrogens is 249 g/mol. The number of halogens is 4. The van der Waals surface area contributed by atoms with Gasteiger partial charge in [0.15, 0.2) is 6.04 Å². The van der Waals surface area contributed by atoms with Gasteiger partial charge in [-0.1, -0.05) is 0 Å². The third kappa shape index (κ3) is 4.54. The molecule has 0 bridgehead atoms. The summed E-state index contributed by atoms with van der Waals surface area (Å²) in [5, 5.41) is 2.22. The molecule has 1 saturated heterocycles. The largest absolute Gasteiger partial charge is 0.412 e. The number of alkyl halides is 3. The summed E-state index contributed by atoms with van der Waals surface area (Å²) in [7, 11) is 0. The van der Waals surface area contributed by atoms with Gasteiger partial charge in [0.1, 0.15) is 0 Å². The quantitative estimate of drug-likeness (QED) is 0.766. The molecule has 96 valence electrons. The predicted octanol–water partition coefficient (Wildman–Crippen LogP) is 0.593. The average molecular weight is 263 g/mol. The molecule has 1 amide bonds. The highest BCUT2D eigenvalue weighted by atomic mass is 35.5. The summed E-state index contributed by atoms with van der Waals surface area (Å²) in [5.74, 6) is -1.20. The maximum Gasteiger partial charge on any atom is 0.412 e. The van der Waals surface area contributed by atoms with Crippen LogP contribution in [-0.2, 0) is 9.53 Å². The minimum absolute atomic E-state index is 0. The van der Waals surface area contributed by atoms with Crippen molar-refractivity contribution in [2.45, 2.75) is 31.1 Å². The Labute approximate surface area is 97.1 Å². The van der Waals surface area contributed by atoms with Crippen molar-refractivity contribution in [1.82, 2.24) is 5.32 Å². The van der Waals surface area contributed by atoms with Crippen LogP contribution in [-0.4, -0.2) is 37.4 Å². The zero-order valence-corrected chi connectivity index (χ0v) is 9.24. The van der Waals surface area contributed by atoms with E-state index in [2.05, 4.69) is 5.32 Å². The highest BCUT2D eigenvalue weighted by molar-refractivity contribution is 5.85. The summed E-state index contributed by atoms with van der Waals surface area (Å²) in [6.07, 6.45) is -3.35. The Morgan fingerprint density at radius 3 is 2.56 bits per heavy atom. The van der Waals surface area contributed by atoms with Crippen molar-refractivity contribution < 1.29 is 22.7 Å². The van der Waals surface area contributed by atoms with Gasteiger partial charge in [-0.25, -0.2) is 0 Å². The molecule has 0 saturated carbocycles. The number of amides is 1. The van der Waals surface area contributed by atoms with Gasteiger partial charge < -0.3 is 15.8 Å². The van der Waals surface area contributed by atoms with Gasteiger partial charge in [-0.05, 0) is 12.8 Å². The zero-order chi connectivity index (χ0) is 11.5. The van der Waals surface area contributed by atoms with Crippen molar-refractivity contribution in [3.8, 4) is 0 Å². The third-order valence-corrected chi connectivity index (χ3v) is 2.14. The molecule has 2 atom stereocenters. The topological polar surface area (TPSA) is 64.4 Å². The molecular formula is C8H14ClF3N2O2. The highest BCUT2D eigenvalue weighted by Crippen LogP contribution is 2.18. The summed E-state index contributed by atoms with van der Waals surface area (Å²) in [6, 6.07) is -2.82. The molecule has 1 rings (SSSR count). The monoisotopic (exact) mass is 262 g/mol. The van der Waals surface area contributed by atoms with E-state index in [1.165, 1.54) is 0 Å². The Kier molecular flexibility index (Phi) is 6.06. The smallest absolute Gasteiger partial charge is 0.379 e. The lowest BCUT2D eigenvalue weighted by Crippen LogP contribution is -2.54. The lowest BCUT2D eigenvalue weighted by Gasteiger charge is -2.25. The molecule has 1 aliphatic heterocycles. The van der Waals surface area contributed by atoms with Crippen LogP contribution in [0.5, 0.6) is 0 Å². The van der Waals surface area contributed by atoms with Crippen molar-refractivity contribution in [3.63, 3.8) is 0 Å². The van der Waals surface area contributed by atoms with E-state index in [1.807, 2.05) is 0 Å². The Morgan fingerprint density at radius 1 is 1.50 bits per heavy atom. The Bertz CT molecular complexity index is 232. The van der Waals surface area contributed by atoms with Gasteiger partial charge in [-0.15, -0.1) is 12.4 Å². The average Bonchev–Trinajstić information content (AvgIpc) is 2.16. The minimum Gasteiger partial charge on any atom is -0.379 e. The van der Waals surface area contributed by atoms with E-state index in [0.717, 1.165) is 6.42 Å². The summed E-state index contributed by atoms with van der Waals surface area (Å²) >= 11 is 0. The first-order valence-corrected chi connectivity index (χ1v) is 4.61. The molecule has 16 heavy (non-hydrogen) atoms. The number of carbonyl (C=O) groups excluding carboxylic acids is 1. The number of hydrogen-bond donors (Lipinski definition) is 2. The van der Waals surface area contributed by atoms with Crippen LogP contribution < -0.4 is 11.1 Å². The summed E-state index contributed by atoms with van der Waals surface area (Å²) in [6.45, 7) is 0.827. The summed E-state index contributed by atoms with van der Waals surface area (Å²) in [4.78, 5) is 11.0. The number of nitrogens with two attached hydrogens (primary N) is 1. The van der Waals surface area contributed by atoms with Gasteiger partial charge >= 0.3 is 6.18 Å². The first-order valence-electron chi connectivity index (χ1n) is 4.61. The first kappa shape index (κ1) is 15.5. The molecule has 1 aliphatic rings. The van der Waals surface area contributed by atoms with Crippen molar-refractivity contribution >= 4 is 18.3 Å². The van der Waals surface area contributed by atoms with Crippen molar-refractivity contribution in [3.05, 3.63) is 0 Å². The van der Waals surface area contributed by atoms with Gasteiger partial charge in [-0.2, -0.15) is 13.2 Å². The van der Waals surface area contributed by atoms with E-state index < -0.39 is 18.1 Å². The zero-order valence-electron chi connectivity index (χ0n) is 8.42. The fraction of sp³-hybridized carbons (Fsp3) is 0.875. The van der Waals surface area contributed by atoms with Gasteiger partial charge in [0, 0.05) is 6.61 Å². The second-order valence-electron chi connectivity index (χ2n) is 3.44. The number of rotatable bonds is 2. The van der Waals surface area contributed by atoms with E-state index in [-0.39, 0.29) is 25.1 Å². The second kappa shape index (κ2) is 6.27. The predicted molar refractivity (Wildman–Crippen MR) is 53.3 cm³/mol. The fourth-order valence-electron chi connectivity index (χ4n) is 1.29. The molecule has 1 heterocycles. The first-order chi connectivity index (χ1) is 6.91. The lowest BCUT2D eigenvalue weighted by molar-refractivity contribution is -0.163. The van der Waals surface area contributed by atoms with Crippen LogP contribution >= 0.6 is 12.4 Å². The Balaban J connectivity index is 0.00000225. The standard InChI is InChI=1S/C8H13F3N2O2.ClH/c9-8(10,11)6(12)7(14)13-5-2-1-3-15-4-5;/h5-6H,1-4,12H2,(H,13,14);1H. The lowest BCUT2D eigenvalue weighted by atomic mass is 10.1. The fourth-order valence-corrected chi connectivity index (χ4v) is 1.29. The highest BCUT2D eigenvalue weighted by Gasteiger charge is 2.42. The molecule has 0 spiro atoms. The van der Waals surface area contributed by atoms with Crippen molar-refractivity contribution in [2.24, 2.45) is 5.73 Å². The Morgan fingerprint density at radius 2 is 2.12 bits per heavy atom. The Hall–Kier alpha value is -0.530. The number of ether oxygens (including phenoxy) is 1. The molecule has 1 fully saturated rings. The van der Waals surface area contributed by atoms with Crippen LogP contribution in [0.4, 0.5) is 13.2 Å². The maximum atomic E-state index is 12.0. The molecule has 0 aliphatic carbocycles. The van der Waals surface area contributed by atoms with Crippen molar-refractivity contribution in [1.29, 1.82) is 0 Å². The number of carbonyl (C=O) groups is 1. The van der Waals surface area contributed by atoms with Gasteiger partial charge in [0.2, 0.25) is 5.91 Å². The van der Waals surface area contributed by atoms with E-state index >= 15 is 0 Å². The van der Waals surface area contributed by atoms with Crippen LogP contribution in [0.25, 0.3) is 0 Å². The molecule has 0 radical (unpaired) electrons. The van der Waals surface area contributed by atoms with E-state index in [1.54, 1.807) is 0 Å². The molecule has 4 nitrogen and oxygen atoms in total. The summed E-state index contributed by atoms with van der Waals surface area (Å²) < 4.78 is 41.1. The molecule has 0 aromatic heterocycles. The minimum atomic E-state index is -4.69. The van der Waals surface area contributed by atoms with E-state index in [0.29, 0.717) is 13.0 Å². The van der Waals surface area contributed by atoms with Gasteiger partial charge in [-0.3, -0.25) is 4.79 Å². The van der Waals surface area contributed by atoms with Crippen molar-refractivity contribution in [2.75, 3.05) is 13.2 Å². The molecule has 8 heteroatoms. The molecule has 2 unspecified atom stereocenters. The molecule has 0 aromatic carbocycles. The van der Waals surface area contributed by atoms with E-state index in [9.17, 15) is 18.0 Å². The normalized spacial score (nSPS) is 23.1. The molecule has 3 N–H and O–H groups in total. The number of nitrogens with one attached hydrogen (secondary N) is 1. The molecule has 0 aromatic rings. The van der Waals surface area contributed by atoms with E-state index in [4.69, 9.17) is 10.5 Å². The third-order valence-electron chi connectivity index (χ3n) is 2.14. The number of hydrogen-bond acceptors (Lipinski definition) is 3. The van der Waals surface area contributed by atoms with Gasteiger partial charge in [0.05, 0.1) is 12.6 Å². The van der Waals surface area contributed by atoms with Crippen LogP contribution in [0.15, 0.2) is 0 Å². The maximum absolute atomic E-state index is 12.0. The van der Waals surface area contributed by atoms with Crippen LogP contribution in [0.2, 0.25) is 0 Å². The second-order valence-corrected chi connectivity index (χ2v) is 3.44.